The van der Waals surface area contributed by atoms with E-state index in [0.29, 0.717) is 11.4 Å². The van der Waals surface area contributed by atoms with Gasteiger partial charge in [0.2, 0.25) is 5.82 Å². The van der Waals surface area contributed by atoms with Crippen LogP contribution in [0.1, 0.15) is 5.56 Å². The van der Waals surface area contributed by atoms with Gasteiger partial charge in [-0.05, 0) is 24.3 Å². The fraction of sp³-hybridized carbons (Fsp3) is 0.0909. The first kappa shape index (κ1) is 12.3. The summed E-state index contributed by atoms with van der Waals surface area (Å²) in [5, 5.41) is 9.85. The first-order valence-corrected chi connectivity index (χ1v) is 5.41. The minimum atomic E-state index is -4.38. The number of hydrogen-bond donors (Lipinski definition) is 1. The molecule has 0 saturated heterocycles. The molecule has 0 spiro atoms. The summed E-state index contributed by atoms with van der Waals surface area (Å²) in [6.07, 6.45) is -3.10. The van der Waals surface area contributed by atoms with Gasteiger partial charge in [-0.1, -0.05) is 5.16 Å². The fourth-order valence-electron chi connectivity index (χ4n) is 1.55. The largest absolute Gasteiger partial charge is 0.416 e. The molecule has 3 aromatic rings. The van der Waals surface area contributed by atoms with E-state index in [-0.39, 0.29) is 11.7 Å². The Morgan fingerprint density at radius 2 is 1.85 bits per heavy atom. The van der Waals surface area contributed by atoms with Crippen LogP contribution in [0.2, 0.25) is 0 Å². The van der Waals surface area contributed by atoms with Crippen molar-refractivity contribution in [3.05, 3.63) is 36.2 Å². The molecule has 20 heavy (non-hydrogen) atoms. The standard InChI is InChI=1S/C11H6F3N5O/c12-11(13,14)7-3-1-6(2-4-7)10-17-9(19-20-10)8-15-5-16-18-8/h1-5H,(H,15,16,18). The molecule has 1 N–H and O–H groups in total. The summed E-state index contributed by atoms with van der Waals surface area (Å²) < 4.78 is 42.3. The van der Waals surface area contributed by atoms with Crippen molar-refractivity contribution in [3.63, 3.8) is 0 Å². The van der Waals surface area contributed by atoms with Crippen LogP contribution >= 0.6 is 0 Å². The van der Waals surface area contributed by atoms with Crippen LogP contribution in [-0.2, 0) is 6.18 Å². The molecule has 0 saturated carbocycles. The van der Waals surface area contributed by atoms with E-state index in [4.69, 9.17) is 4.52 Å². The van der Waals surface area contributed by atoms with Gasteiger partial charge in [0.25, 0.3) is 5.89 Å². The highest BCUT2D eigenvalue weighted by molar-refractivity contribution is 5.56. The number of nitrogens with one attached hydrogen (secondary N) is 1. The van der Waals surface area contributed by atoms with Crippen LogP contribution in [-0.4, -0.2) is 25.3 Å². The van der Waals surface area contributed by atoms with E-state index in [9.17, 15) is 13.2 Å². The molecule has 6 nitrogen and oxygen atoms in total. The second-order valence-corrected chi connectivity index (χ2v) is 3.83. The Morgan fingerprint density at radius 3 is 2.45 bits per heavy atom. The molecule has 0 atom stereocenters. The number of aromatic nitrogens is 5. The number of benzene rings is 1. The minimum absolute atomic E-state index is 0.102. The molecule has 3 rings (SSSR count). The molecule has 2 aromatic heterocycles. The lowest BCUT2D eigenvalue weighted by atomic mass is 10.1. The summed E-state index contributed by atoms with van der Waals surface area (Å²) in [5.74, 6) is 0.592. The molecule has 9 heteroatoms. The molecule has 1 aromatic carbocycles. The van der Waals surface area contributed by atoms with Crippen molar-refractivity contribution in [1.29, 1.82) is 0 Å². The number of hydrogen-bond acceptors (Lipinski definition) is 5. The smallest absolute Gasteiger partial charge is 0.334 e. The van der Waals surface area contributed by atoms with Gasteiger partial charge in [0.15, 0.2) is 5.82 Å². The quantitative estimate of drug-likeness (QED) is 0.780. The molecular formula is C11H6F3N5O. The predicted octanol–water partition coefficient (Wildman–Crippen LogP) is 2.54. The zero-order valence-electron chi connectivity index (χ0n) is 9.72. The molecule has 0 unspecified atom stereocenters. The highest BCUT2D eigenvalue weighted by Crippen LogP contribution is 2.30. The molecule has 0 fully saturated rings. The lowest BCUT2D eigenvalue weighted by Gasteiger charge is -2.05. The zero-order chi connectivity index (χ0) is 14.2. The lowest BCUT2D eigenvalue weighted by Crippen LogP contribution is -2.03. The van der Waals surface area contributed by atoms with Crippen molar-refractivity contribution in [3.8, 4) is 23.1 Å². The van der Waals surface area contributed by atoms with Gasteiger partial charge >= 0.3 is 6.18 Å². The first-order valence-electron chi connectivity index (χ1n) is 5.41. The number of nitrogens with zero attached hydrogens (tertiary/aromatic N) is 4. The molecule has 0 amide bonds. The highest BCUT2D eigenvalue weighted by atomic mass is 19.4. The van der Waals surface area contributed by atoms with Crippen molar-refractivity contribution in [1.82, 2.24) is 25.3 Å². The highest BCUT2D eigenvalue weighted by Gasteiger charge is 2.30. The monoisotopic (exact) mass is 281 g/mol. The van der Waals surface area contributed by atoms with E-state index in [2.05, 4.69) is 25.3 Å². The second kappa shape index (κ2) is 4.44. The zero-order valence-corrected chi connectivity index (χ0v) is 9.72. The van der Waals surface area contributed by atoms with Gasteiger partial charge < -0.3 is 4.52 Å². The molecular weight excluding hydrogens is 275 g/mol. The van der Waals surface area contributed by atoms with E-state index in [1.165, 1.54) is 18.5 Å². The van der Waals surface area contributed by atoms with Crippen molar-refractivity contribution in [2.24, 2.45) is 0 Å². The maximum absolute atomic E-state index is 12.4. The SMILES string of the molecule is FC(F)(F)c1ccc(-c2nc(-c3ncn[nH]3)no2)cc1. The summed E-state index contributed by atoms with van der Waals surface area (Å²) in [4.78, 5) is 7.86. The maximum atomic E-state index is 12.4. The Morgan fingerprint density at radius 1 is 1.10 bits per heavy atom. The second-order valence-electron chi connectivity index (χ2n) is 3.83. The predicted molar refractivity (Wildman–Crippen MR) is 60.1 cm³/mol. The lowest BCUT2D eigenvalue weighted by molar-refractivity contribution is -0.137. The van der Waals surface area contributed by atoms with Crippen molar-refractivity contribution in [2.45, 2.75) is 6.18 Å². The average Bonchev–Trinajstić information content (AvgIpc) is 3.09. The van der Waals surface area contributed by atoms with Crippen LogP contribution in [0.3, 0.4) is 0 Å². The Kier molecular flexibility index (Phi) is 2.74. The van der Waals surface area contributed by atoms with Crippen molar-refractivity contribution < 1.29 is 17.7 Å². The van der Waals surface area contributed by atoms with Crippen LogP contribution in [0.5, 0.6) is 0 Å². The molecule has 0 bridgehead atoms. The Balaban J connectivity index is 1.90. The Labute approximate surface area is 109 Å². The van der Waals surface area contributed by atoms with E-state index in [1.54, 1.807) is 0 Å². The third-order valence-electron chi connectivity index (χ3n) is 2.51. The summed E-state index contributed by atoms with van der Waals surface area (Å²) in [6, 6.07) is 4.43. The number of aromatic amines is 1. The van der Waals surface area contributed by atoms with Gasteiger partial charge in [0, 0.05) is 5.56 Å². The summed E-state index contributed by atoms with van der Waals surface area (Å²) in [7, 11) is 0. The Hall–Kier alpha value is -2.71. The number of rotatable bonds is 2. The van der Waals surface area contributed by atoms with Crippen LogP contribution in [0.25, 0.3) is 23.1 Å². The van der Waals surface area contributed by atoms with Gasteiger partial charge in [-0.15, -0.1) is 0 Å². The average molecular weight is 281 g/mol. The summed E-state index contributed by atoms with van der Waals surface area (Å²) >= 11 is 0. The molecule has 0 aliphatic heterocycles. The van der Waals surface area contributed by atoms with E-state index < -0.39 is 11.7 Å². The summed E-state index contributed by atoms with van der Waals surface area (Å²) in [6.45, 7) is 0. The van der Waals surface area contributed by atoms with Gasteiger partial charge in [-0.3, -0.25) is 5.10 Å². The van der Waals surface area contributed by atoms with Crippen LogP contribution in [0.15, 0.2) is 35.1 Å². The van der Waals surface area contributed by atoms with Crippen LogP contribution < -0.4 is 0 Å². The van der Waals surface area contributed by atoms with Crippen molar-refractivity contribution >= 4 is 0 Å². The number of alkyl halides is 3. The summed E-state index contributed by atoms with van der Waals surface area (Å²) in [5.41, 5.74) is -0.354. The molecule has 2 heterocycles. The molecule has 0 radical (unpaired) electrons. The van der Waals surface area contributed by atoms with Crippen LogP contribution in [0.4, 0.5) is 13.2 Å². The van der Waals surface area contributed by atoms with Gasteiger partial charge in [-0.25, -0.2) is 4.98 Å². The van der Waals surface area contributed by atoms with Gasteiger partial charge in [0.1, 0.15) is 6.33 Å². The fourth-order valence-corrected chi connectivity index (χ4v) is 1.55. The molecule has 102 valence electrons. The van der Waals surface area contributed by atoms with Crippen LogP contribution in [0, 0.1) is 0 Å². The minimum Gasteiger partial charge on any atom is -0.334 e. The molecule has 0 aliphatic carbocycles. The maximum Gasteiger partial charge on any atom is 0.416 e. The topological polar surface area (TPSA) is 80.5 Å². The van der Waals surface area contributed by atoms with Crippen molar-refractivity contribution in [2.75, 3.05) is 0 Å². The number of H-pyrrole nitrogens is 1. The van der Waals surface area contributed by atoms with E-state index >= 15 is 0 Å². The Bertz CT molecular complexity index is 702. The third kappa shape index (κ3) is 2.25. The number of halogens is 3. The normalized spacial score (nSPS) is 11.8. The van der Waals surface area contributed by atoms with E-state index in [0.717, 1.165) is 12.1 Å². The molecule has 0 aliphatic rings. The van der Waals surface area contributed by atoms with Gasteiger partial charge in [-0.2, -0.15) is 23.3 Å². The van der Waals surface area contributed by atoms with Gasteiger partial charge in [0.05, 0.1) is 5.56 Å². The third-order valence-corrected chi connectivity index (χ3v) is 2.51. The first-order chi connectivity index (χ1) is 9.54. The van der Waals surface area contributed by atoms with E-state index in [1.807, 2.05) is 0 Å².